The highest BCUT2D eigenvalue weighted by Gasteiger charge is 2.18. The van der Waals surface area contributed by atoms with Crippen molar-refractivity contribution in [3.8, 4) is 0 Å². The average molecular weight is 250 g/mol. The zero-order chi connectivity index (χ0) is 13.0. The van der Waals surface area contributed by atoms with E-state index >= 15 is 0 Å². The van der Waals surface area contributed by atoms with E-state index in [2.05, 4.69) is 5.32 Å². The number of esters is 1. The minimum absolute atomic E-state index is 0.254. The molecule has 18 heavy (non-hydrogen) atoms. The third-order valence-corrected chi connectivity index (χ3v) is 2.89. The highest BCUT2D eigenvalue weighted by Crippen LogP contribution is 2.25. The molecule has 0 aromatic heterocycles. The van der Waals surface area contributed by atoms with Crippen LogP contribution in [0.15, 0.2) is 18.2 Å². The highest BCUT2D eigenvalue weighted by atomic mass is 16.5. The molecule has 5 heteroatoms. The Morgan fingerprint density at radius 2 is 2.44 bits per heavy atom. The van der Waals surface area contributed by atoms with Gasteiger partial charge in [0.2, 0.25) is 0 Å². The quantitative estimate of drug-likeness (QED) is 0.628. The second-order valence-corrected chi connectivity index (χ2v) is 4.19. The van der Waals surface area contributed by atoms with Crippen molar-refractivity contribution in [2.45, 2.75) is 19.4 Å². The van der Waals surface area contributed by atoms with E-state index in [9.17, 15) is 4.79 Å². The van der Waals surface area contributed by atoms with Crippen LogP contribution in [0, 0.1) is 0 Å². The van der Waals surface area contributed by atoms with Crippen LogP contribution < -0.4 is 11.1 Å². The maximum Gasteiger partial charge on any atom is 0.340 e. The number of hydrogen-bond acceptors (Lipinski definition) is 5. The van der Waals surface area contributed by atoms with Gasteiger partial charge >= 0.3 is 5.97 Å². The second-order valence-electron chi connectivity index (χ2n) is 4.19. The predicted molar refractivity (Wildman–Crippen MR) is 69.7 cm³/mol. The summed E-state index contributed by atoms with van der Waals surface area (Å²) in [5.74, 6) is -0.388. The Bertz CT molecular complexity index is 428. The standard InChI is InChI=1S/C13H18N2O3/c1-2-18-13(16)10-4-3-5-11(12(10)14)15-9-6-7-17-8-9/h3-5,9,15H,2,6-8,14H2,1H3. The Kier molecular flexibility index (Phi) is 4.04. The summed E-state index contributed by atoms with van der Waals surface area (Å²) < 4.78 is 10.3. The number of carbonyl (C=O) groups is 1. The van der Waals surface area contributed by atoms with Gasteiger partial charge in [0.05, 0.1) is 36.2 Å². The fraction of sp³-hybridized carbons (Fsp3) is 0.462. The van der Waals surface area contributed by atoms with Gasteiger partial charge in [0.15, 0.2) is 0 Å². The number of nitrogen functional groups attached to an aromatic ring is 1. The number of anilines is 2. The first kappa shape index (κ1) is 12.7. The molecule has 0 spiro atoms. The predicted octanol–water partition coefficient (Wildman–Crippen LogP) is 1.65. The summed E-state index contributed by atoms with van der Waals surface area (Å²) in [5.41, 5.74) is 7.59. The fourth-order valence-electron chi connectivity index (χ4n) is 1.95. The molecule has 5 nitrogen and oxygen atoms in total. The molecule has 1 unspecified atom stereocenters. The molecule has 1 fully saturated rings. The molecule has 0 radical (unpaired) electrons. The first-order chi connectivity index (χ1) is 8.72. The lowest BCUT2D eigenvalue weighted by Crippen LogP contribution is -2.20. The van der Waals surface area contributed by atoms with Crippen molar-refractivity contribution in [2.24, 2.45) is 0 Å². The van der Waals surface area contributed by atoms with E-state index in [1.165, 1.54) is 0 Å². The Balaban J connectivity index is 2.15. The topological polar surface area (TPSA) is 73.6 Å². The molecular formula is C13H18N2O3. The van der Waals surface area contributed by atoms with Crippen molar-refractivity contribution >= 4 is 17.3 Å². The first-order valence-electron chi connectivity index (χ1n) is 6.12. The molecular weight excluding hydrogens is 232 g/mol. The molecule has 1 saturated heterocycles. The van der Waals surface area contributed by atoms with Crippen LogP contribution in [0.1, 0.15) is 23.7 Å². The number of nitrogens with one attached hydrogen (secondary N) is 1. The maximum atomic E-state index is 11.7. The van der Waals surface area contributed by atoms with Crippen LogP contribution in [0.2, 0.25) is 0 Å². The van der Waals surface area contributed by atoms with Gasteiger partial charge in [-0.2, -0.15) is 0 Å². The van der Waals surface area contributed by atoms with Gasteiger partial charge in [-0.25, -0.2) is 4.79 Å². The molecule has 0 bridgehead atoms. The van der Waals surface area contributed by atoms with Crippen molar-refractivity contribution in [1.82, 2.24) is 0 Å². The van der Waals surface area contributed by atoms with E-state index in [-0.39, 0.29) is 12.0 Å². The van der Waals surface area contributed by atoms with Crippen LogP contribution >= 0.6 is 0 Å². The summed E-state index contributed by atoms with van der Waals surface area (Å²) >= 11 is 0. The van der Waals surface area contributed by atoms with Crippen LogP contribution in [0.3, 0.4) is 0 Å². The van der Waals surface area contributed by atoms with Gasteiger partial charge in [0, 0.05) is 6.61 Å². The van der Waals surface area contributed by atoms with Gasteiger partial charge in [-0.1, -0.05) is 6.07 Å². The number of ether oxygens (including phenoxy) is 2. The molecule has 2 rings (SSSR count). The third kappa shape index (κ3) is 2.73. The molecule has 0 saturated carbocycles. The lowest BCUT2D eigenvalue weighted by atomic mass is 10.1. The minimum Gasteiger partial charge on any atom is -0.462 e. The van der Waals surface area contributed by atoms with E-state index in [1.54, 1.807) is 19.1 Å². The number of rotatable bonds is 4. The van der Waals surface area contributed by atoms with Gasteiger partial charge < -0.3 is 20.5 Å². The number of carbonyl (C=O) groups excluding carboxylic acids is 1. The monoisotopic (exact) mass is 250 g/mol. The lowest BCUT2D eigenvalue weighted by molar-refractivity contribution is 0.0527. The van der Waals surface area contributed by atoms with Gasteiger partial charge in [-0.05, 0) is 25.5 Å². The normalized spacial score (nSPS) is 18.6. The van der Waals surface area contributed by atoms with Gasteiger partial charge in [-0.3, -0.25) is 0 Å². The summed E-state index contributed by atoms with van der Waals surface area (Å²) in [6, 6.07) is 5.57. The zero-order valence-corrected chi connectivity index (χ0v) is 10.4. The Morgan fingerprint density at radius 3 is 3.11 bits per heavy atom. The Hall–Kier alpha value is -1.75. The molecule has 1 aromatic rings. The number of nitrogens with two attached hydrogens (primary N) is 1. The summed E-state index contributed by atoms with van der Waals surface area (Å²) in [5, 5.41) is 3.29. The summed E-state index contributed by atoms with van der Waals surface area (Å²) in [6.07, 6.45) is 0.947. The number of benzene rings is 1. The molecule has 98 valence electrons. The summed E-state index contributed by atoms with van der Waals surface area (Å²) in [6.45, 7) is 3.54. The molecule has 1 atom stereocenters. The summed E-state index contributed by atoms with van der Waals surface area (Å²) in [4.78, 5) is 11.7. The van der Waals surface area contributed by atoms with E-state index in [4.69, 9.17) is 15.2 Å². The van der Waals surface area contributed by atoms with Gasteiger partial charge in [0.1, 0.15) is 0 Å². The molecule has 1 aromatic carbocycles. The van der Waals surface area contributed by atoms with Crippen LogP contribution in [-0.2, 0) is 9.47 Å². The second kappa shape index (κ2) is 5.73. The van der Waals surface area contributed by atoms with Crippen molar-refractivity contribution in [1.29, 1.82) is 0 Å². The highest BCUT2D eigenvalue weighted by molar-refractivity contribution is 5.98. The Morgan fingerprint density at radius 1 is 1.61 bits per heavy atom. The van der Waals surface area contributed by atoms with Crippen LogP contribution in [0.25, 0.3) is 0 Å². The van der Waals surface area contributed by atoms with Gasteiger partial charge in [0.25, 0.3) is 0 Å². The van der Waals surface area contributed by atoms with E-state index in [0.29, 0.717) is 24.5 Å². The molecule has 1 aliphatic heterocycles. The van der Waals surface area contributed by atoms with E-state index in [1.807, 2.05) is 6.07 Å². The maximum absolute atomic E-state index is 11.7. The van der Waals surface area contributed by atoms with Gasteiger partial charge in [-0.15, -0.1) is 0 Å². The van der Waals surface area contributed by atoms with Crippen molar-refractivity contribution in [3.05, 3.63) is 23.8 Å². The Labute approximate surface area is 106 Å². The molecule has 1 aliphatic rings. The average Bonchev–Trinajstić information content (AvgIpc) is 2.85. The smallest absolute Gasteiger partial charge is 0.340 e. The van der Waals surface area contributed by atoms with Crippen LogP contribution in [0.5, 0.6) is 0 Å². The molecule has 3 N–H and O–H groups in total. The van der Waals surface area contributed by atoms with E-state index in [0.717, 1.165) is 18.7 Å². The molecule has 0 aliphatic carbocycles. The van der Waals surface area contributed by atoms with E-state index < -0.39 is 0 Å². The number of hydrogen-bond donors (Lipinski definition) is 2. The van der Waals surface area contributed by atoms with Crippen molar-refractivity contribution in [2.75, 3.05) is 30.9 Å². The summed E-state index contributed by atoms with van der Waals surface area (Å²) in [7, 11) is 0. The molecule has 1 heterocycles. The van der Waals surface area contributed by atoms with Crippen molar-refractivity contribution < 1.29 is 14.3 Å². The zero-order valence-electron chi connectivity index (χ0n) is 10.4. The SMILES string of the molecule is CCOC(=O)c1cccc(NC2CCOC2)c1N. The minimum atomic E-state index is -0.388. The van der Waals surface area contributed by atoms with Crippen LogP contribution in [0.4, 0.5) is 11.4 Å². The number of para-hydroxylation sites is 1. The fourth-order valence-corrected chi connectivity index (χ4v) is 1.95. The van der Waals surface area contributed by atoms with Crippen LogP contribution in [-0.4, -0.2) is 31.8 Å². The third-order valence-electron chi connectivity index (χ3n) is 2.89. The first-order valence-corrected chi connectivity index (χ1v) is 6.12. The van der Waals surface area contributed by atoms with Crippen molar-refractivity contribution in [3.63, 3.8) is 0 Å². The molecule has 0 amide bonds. The lowest BCUT2D eigenvalue weighted by Gasteiger charge is -2.16. The largest absolute Gasteiger partial charge is 0.462 e.